The summed E-state index contributed by atoms with van der Waals surface area (Å²) in [5.41, 5.74) is 3.53. The Kier molecular flexibility index (Phi) is 6.63. The molecule has 0 atom stereocenters. The molecule has 1 heterocycles. The van der Waals surface area contributed by atoms with Crippen LogP contribution in [0.2, 0.25) is 0 Å². The van der Waals surface area contributed by atoms with Gasteiger partial charge in [0.05, 0.1) is 4.58 Å². The second-order valence-electron chi connectivity index (χ2n) is 5.93. The lowest BCUT2D eigenvalue weighted by Crippen LogP contribution is -2.23. The molecule has 0 bridgehead atoms. The normalized spacial score (nSPS) is 14.2. The zero-order valence-electron chi connectivity index (χ0n) is 14.7. The van der Waals surface area contributed by atoms with Gasteiger partial charge in [-0.25, -0.2) is 0 Å². The number of amides is 2. The summed E-state index contributed by atoms with van der Waals surface area (Å²) in [5, 5.41) is 5.69. The van der Waals surface area contributed by atoms with E-state index in [9.17, 15) is 9.59 Å². The molecular formula is C20H22N2O2S2. The Hall–Kier alpha value is -1.92. The minimum Gasteiger partial charge on any atom is -0.352 e. The highest BCUT2D eigenvalue weighted by Crippen LogP contribution is 2.45. The third-order valence-electron chi connectivity index (χ3n) is 4.07. The van der Waals surface area contributed by atoms with Crippen LogP contribution in [0.1, 0.15) is 43.3 Å². The molecule has 2 aromatic carbocycles. The van der Waals surface area contributed by atoms with Crippen LogP contribution in [0.15, 0.2) is 48.5 Å². The van der Waals surface area contributed by atoms with Crippen molar-refractivity contribution in [1.29, 1.82) is 0 Å². The van der Waals surface area contributed by atoms with Crippen LogP contribution in [0.4, 0.5) is 0 Å². The molecule has 26 heavy (non-hydrogen) atoms. The van der Waals surface area contributed by atoms with E-state index in [-0.39, 0.29) is 11.8 Å². The Bertz CT molecular complexity index is 754. The van der Waals surface area contributed by atoms with Crippen LogP contribution in [0.3, 0.4) is 0 Å². The Morgan fingerprint density at radius 3 is 2.00 bits per heavy atom. The van der Waals surface area contributed by atoms with Crippen LogP contribution >= 0.6 is 23.5 Å². The third kappa shape index (κ3) is 4.83. The summed E-state index contributed by atoms with van der Waals surface area (Å²) in [6.45, 7) is 2.93. The predicted molar refractivity (Wildman–Crippen MR) is 110 cm³/mol. The number of rotatable bonds is 6. The fraction of sp³-hybridized carbons (Fsp3) is 0.300. The van der Waals surface area contributed by atoms with E-state index in [2.05, 4.69) is 10.6 Å². The summed E-state index contributed by atoms with van der Waals surface area (Å²) >= 11 is 3.91. The molecule has 6 heteroatoms. The van der Waals surface area contributed by atoms with E-state index >= 15 is 0 Å². The van der Waals surface area contributed by atoms with Crippen molar-refractivity contribution in [3.05, 3.63) is 70.8 Å². The van der Waals surface area contributed by atoms with Gasteiger partial charge >= 0.3 is 0 Å². The quantitative estimate of drug-likeness (QED) is 0.792. The van der Waals surface area contributed by atoms with Crippen LogP contribution in [0, 0.1) is 0 Å². The van der Waals surface area contributed by atoms with Crippen molar-refractivity contribution in [2.45, 2.75) is 18.1 Å². The van der Waals surface area contributed by atoms with Gasteiger partial charge in [-0.2, -0.15) is 0 Å². The lowest BCUT2D eigenvalue weighted by atomic mass is 10.1. The predicted octanol–water partition coefficient (Wildman–Crippen LogP) is 3.84. The summed E-state index contributed by atoms with van der Waals surface area (Å²) in [6, 6.07) is 15.2. The molecule has 4 nitrogen and oxygen atoms in total. The van der Waals surface area contributed by atoms with E-state index < -0.39 is 0 Å². The maximum Gasteiger partial charge on any atom is 0.251 e. The van der Waals surface area contributed by atoms with E-state index in [1.165, 1.54) is 17.1 Å². The molecule has 136 valence electrons. The Morgan fingerprint density at radius 2 is 1.42 bits per heavy atom. The number of hydrogen-bond donors (Lipinski definition) is 2. The van der Waals surface area contributed by atoms with Gasteiger partial charge in [-0.3, -0.25) is 9.59 Å². The minimum atomic E-state index is -0.0870. The summed E-state index contributed by atoms with van der Waals surface area (Å²) in [7, 11) is 0. The fourth-order valence-corrected chi connectivity index (χ4v) is 5.52. The molecule has 0 unspecified atom stereocenters. The first kappa shape index (κ1) is 18.9. The molecule has 0 aromatic heterocycles. The van der Waals surface area contributed by atoms with Gasteiger partial charge in [0.2, 0.25) is 0 Å². The average molecular weight is 387 g/mol. The maximum absolute atomic E-state index is 12.3. The smallest absolute Gasteiger partial charge is 0.251 e. The van der Waals surface area contributed by atoms with Crippen molar-refractivity contribution in [3.63, 3.8) is 0 Å². The van der Waals surface area contributed by atoms with Gasteiger partial charge in [0, 0.05) is 35.7 Å². The van der Waals surface area contributed by atoms with Crippen molar-refractivity contribution in [3.8, 4) is 0 Å². The van der Waals surface area contributed by atoms with E-state index in [4.69, 9.17) is 0 Å². The molecule has 1 fully saturated rings. The standard InChI is InChI=1S/C20H22N2O2S2/c1-2-21-18(23)15-5-3-14(4-6-15)13-22-19(24)16-7-9-17(10-8-16)20-25-11-12-26-20/h3-10,20H,2,11-13H2,1H3,(H,21,23)(H,22,24). The van der Waals surface area contributed by atoms with Crippen molar-refractivity contribution >= 4 is 35.3 Å². The van der Waals surface area contributed by atoms with Crippen LogP contribution in [0.5, 0.6) is 0 Å². The van der Waals surface area contributed by atoms with Gasteiger partial charge in [0.25, 0.3) is 11.8 Å². The summed E-state index contributed by atoms with van der Waals surface area (Å²) < 4.78 is 0.496. The van der Waals surface area contributed by atoms with Gasteiger partial charge in [-0.1, -0.05) is 24.3 Å². The van der Waals surface area contributed by atoms with Crippen molar-refractivity contribution in [2.75, 3.05) is 18.1 Å². The first-order valence-electron chi connectivity index (χ1n) is 8.66. The van der Waals surface area contributed by atoms with Crippen molar-refractivity contribution in [2.24, 2.45) is 0 Å². The van der Waals surface area contributed by atoms with Crippen LogP contribution in [-0.2, 0) is 6.54 Å². The molecule has 0 saturated carbocycles. The SMILES string of the molecule is CCNC(=O)c1ccc(CNC(=O)c2ccc(C3SCCS3)cc2)cc1. The zero-order valence-corrected chi connectivity index (χ0v) is 16.3. The molecule has 1 aliphatic rings. The van der Waals surface area contributed by atoms with E-state index in [0.717, 1.165) is 5.56 Å². The topological polar surface area (TPSA) is 58.2 Å². The Morgan fingerprint density at radius 1 is 0.885 bits per heavy atom. The highest BCUT2D eigenvalue weighted by atomic mass is 32.2. The lowest BCUT2D eigenvalue weighted by Gasteiger charge is -2.10. The first-order chi connectivity index (χ1) is 12.7. The lowest BCUT2D eigenvalue weighted by molar-refractivity contribution is 0.0943. The first-order valence-corrected chi connectivity index (χ1v) is 10.8. The van der Waals surface area contributed by atoms with Crippen LogP contribution in [0.25, 0.3) is 0 Å². The number of carbonyl (C=O) groups excluding carboxylic acids is 2. The van der Waals surface area contributed by atoms with Gasteiger partial charge in [-0.15, -0.1) is 23.5 Å². The molecule has 1 aliphatic heterocycles. The van der Waals surface area contributed by atoms with Crippen LogP contribution < -0.4 is 10.6 Å². The van der Waals surface area contributed by atoms with E-state index in [1.807, 2.05) is 66.8 Å². The molecule has 0 aliphatic carbocycles. The second-order valence-corrected chi connectivity index (χ2v) is 8.66. The molecule has 2 N–H and O–H groups in total. The number of hydrogen-bond acceptors (Lipinski definition) is 4. The average Bonchev–Trinajstić information content (AvgIpc) is 3.21. The van der Waals surface area contributed by atoms with Gasteiger partial charge in [0.1, 0.15) is 0 Å². The van der Waals surface area contributed by atoms with Gasteiger partial charge in [0.15, 0.2) is 0 Å². The third-order valence-corrected chi connectivity index (χ3v) is 7.18. The molecule has 3 rings (SSSR count). The van der Waals surface area contributed by atoms with Gasteiger partial charge < -0.3 is 10.6 Å². The number of thioether (sulfide) groups is 2. The molecule has 2 amide bonds. The maximum atomic E-state index is 12.3. The van der Waals surface area contributed by atoms with Crippen molar-refractivity contribution in [1.82, 2.24) is 10.6 Å². The van der Waals surface area contributed by atoms with E-state index in [1.54, 1.807) is 12.1 Å². The molecular weight excluding hydrogens is 364 g/mol. The monoisotopic (exact) mass is 386 g/mol. The molecule has 2 aromatic rings. The highest BCUT2D eigenvalue weighted by molar-refractivity contribution is 8.19. The number of benzene rings is 2. The zero-order chi connectivity index (χ0) is 18.4. The summed E-state index contributed by atoms with van der Waals surface area (Å²) in [6.07, 6.45) is 0. The molecule has 0 spiro atoms. The summed E-state index contributed by atoms with van der Waals surface area (Å²) in [5.74, 6) is 2.21. The minimum absolute atomic E-state index is 0.0817. The fourth-order valence-electron chi connectivity index (χ4n) is 2.66. The highest BCUT2D eigenvalue weighted by Gasteiger charge is 2.18. The molecule has 0 radical (unpaired) electrons. The Labute approximate surface area is 162 Å². The Balaban J connectivity index is 1.54. The number of carbonyl (C=O) groups is 2. The molecule has 1 saturated heterocycles. The van der Waals surface area contributed by atoms with Crippen molar-refractivity contribution < 1.29 is 9.59 Å². The number of nitrogens with one attached hydrogen (secondary N) is 2. The second kappa shape index (κ2) is 9.14. The van der Waals surface area contributed by atoms with Crippen LogP contribution in [-0.4, -0.2) is 29.9 Å². The van der Waals surface area contributed by atoms with E-state index in [0.29, 0.717) is 28.8 Å². The summed E-state index contributed by atoms with van der Waals surface area (Å²) in [4.78, 5) is 24.1. The van der Waals surface area contributed by atoms with Gasteiger partial charge in [-0.05, 0) is 42.3 Å². The largest absolute Gasteiger partial charge is 0.352 e.